The van der Waals surface area contributed by atoms with Gasteiger partial charge in [-0.15, -0.1) is 0 Å². The van der Waals surface area contributed by atoms with Crippen LogP contribution in [-0.2, 0) is 39.4 Å². The smallest absolute Gasteiger partial charge is 0.229 e. The van der Waals surface area contributed by atoms with E-state index >= 15 is 0 Å². The van der Waals surface area contributed by atoms with Crippen molar-refractivity contribution in [2.45, 2.75) is 19.4 Å². The van der Waals surface area contributed by atoms with Gasteiger partial charge >= 0.3 is 0 Å². The van der Waals surface area contributed by atoms with Gasteiger partial charge in [-0.3, -0.25) is 9.44 Å². The number of halogens is 1. The number of benzene rings is 8. The minimum Gasteiger partial charge on any atom is -0.497 e. The Morgan fingerprint density at radius 3 is 1.21 bits per heavy atom. The molecule has 0 bridgehead atoms. The van der Waals surface area contributed by atoms with Gasteiger partial charge in [-0.25, -0.2) is 26.8 Å². The van der Waals surface area contributed by atoms with E-state index < -0.39 is 20.0 Å². The summed E-state index contributed by atoms with van der Waals surface area (Å²) in [6.45, 7) is 0.587. The number of methoxy groups -OCH3 is 2. The maximum atomic E-state index is 12.6. The van der Waals surface area contributed by atoms with E-state index in [9.17, 15) is 16.8 Å². The Morgan fingerprint density at radius 2 is 0.813 bits per heavy atom. The molecular weight excluding hydrogens is 1040 g/mol. The Morgan fingerprint density at radius 1 is 0.453 bits per heavy atom. The molecule has 0 radical (unpaired) electrons. The van der Waals surface area contributed by atoms with Crippen LogP contribution in [0, 0.1) is 0 Å². The third kappa shape index (κ3) is 14.0. The lowest BCUT2D eigenvalue weighted by Crippen LogP contribution is -2.12. The number of fused-ring (bicyclic) bond motifs is 2. The zero-order valence-electron chi connectivity index (χ0n) is 41.9. The van der Waals surface area contributed by atoms with Crippen LogP contribution in [0.2, 0.25) is 0 Å². The van der Waals surface area contributed by atoms with Gasteiger partial charge in [-0.1, -0.05) is 168 Å². The monoisotopic (exact) mass is 1100 g/mol. The van der Waals surface area contributed by atoms with Crippen LogP contribution >= 0.6 is 15.9 Å². The molecule has 0 saturated carbocycles. The predicted molar refractivity (Wildman–Crippen MR) is 311 cm³/mol. The molecule has 0 spiro atoms. The second-order valence-corrected chi connectivity index (χ2v) is 22.0. The highest BCUT2D eigenvalue weighted by molar-refractivity contribution is 9.10. The fourth-order valence-electron chi connectivity index (χ4n) is 8.51. The predicted octanol–water partition coefficient (Wildman–Crippen LogP) is 13.6. The molecule has 0 unspecified atom stereocenters. The summed E-state index contributed by atoms with van der Waals surface area (Å²) in [6, 6.07) is 66.7. The van der Waals surface area contributed by atoms with Crippen molar-refractivity contribution in [3.8, 4) is 56.3 Å². The number of nitrogens with one attached hydrogen (secondary N) is 2. The van der Waals surface area contributed by atoms with Crippen LogP contribution in [0.1, 0.15) is 16.7 Å². The molecule has 2 aromatic heterocycles. The molecule has 8 aromatic carbocycles. The summed E-state index contributed by atoms with van der Waals surface area (Å²) >= 11 is 3.49. The first-order chi connectivity index (χ1) is 36.2. The molecule has 2 heterocycles. The van der Waals surface area contributed by atoms with E-state index in [1.807, 2.05) is 182 Å². The molecule has 14 heteroatoms. The van der Waals surface area contributed by atoms with Crippen LogP contribution in [0.3, 0.4) is 0 Å². The van der Waals surface area contributed by atoms with E-state index in [0.29, 0.717) is 23.4 Å². The van der Waals surface area contributed by atoms with Crippen LogP contribution in [0.5, 0.6) is 11.5 Å². The largest absolute Gasteiger partial charge is 0.497 e. The first-order valence-electron chi connectivity index (χ1n) is 23.9. The van der Waals surface area contributed by atoms with E-state index in [4.69, 9.17) is 25.2 Å². The lowest BCUT2D eigenvalue weighted by Gasteiger charge is -2.19. The molecule has 0 aliphatic heterocycles. The maximum absolute atomic E-state index is 12.6. The van der Waals surface area contributed by atoms with Gasteiger partial charge in [0.2, 0.25) is 20.0 Å². The summed E-state index contributed by atoms with van der Waals surface area (Å²) < 4.78 is 66.3. The van der Waals surface area contributed by atoms with Crippen molar-refractivity contribution in [3.05, 3.63) is 227 Å². The maximum Gasteiger partial charge on any atom is 0.229 e. The number of nitrogens with two attached hydrogens (primary N) is 1. The van der Waals surface area contributed by atoms with Crippen molar-refractivity contribution in [2.24, 2.45) is 5.73 Å². The summed E-state index contributed by atoms with van der Waals surface area (Å²) in [5.41, 5.74) is 18.0. The van der Waals surface area contributed by atoms with Crippen molar-refractivity contribution in [3.63, 3.8) is 0 Å². The Bertz CT molecular complexity index is 3740. The van der Waals surface area contributed by atoms with E-state index in [1.165, 1.54) is 11.8 Å². The molecule has 10 rings (SSSR count). The number of rotatable bonds is 14. The van der Waals surface area contributed by atoms with Crippen LogP contribution in [0.15, 0.2) is 211 Å². The molecule has 380 valence electrons. The molecule has 0 amide bonds. The van der Waals surface area contributed by atoms with Gasteiger partial charge in [0.25, 0.3) is 0 Å². The fourth-order valence-corrected chi connectivity index (χ4v) is 10.0. The highest BCUT2D eigenvalue weighted by Gasteiger charge is 2.22. The van der Waals surface area contributed by atoms with Crippen LogP contribution in [0.4, 0.5) is 11.4 Å². The van der Waals surface area contributed by atoms with Gasteiger partial charge in [0.15, 0.2) is 0 Å². The molecule has 10 aromatic rings. The first-order valence-corrected chi connectivity index (χ1v) is 28.5. The lowest BCUT2D eigenvalue weighted by molar-refractivity contribution is 0.414. The molecule has 4 N–H and O–H groups in total. The van der Waals surface area contributed by atoms with Crippen molar-refractivity contribution < 1.29 is 26.3 Å². The van der Waals surface area contributed by atoms with Crippen molar-refractivity contribution in [1.82, 2.24) is 9.97 Å². The summed E-state index contributed by atoms with van der Waals surface area (Å²) in [4.78, 5) is 9.94. The van der Waals surface area contributed by atoms with Gasteiger partial charge < -0.3 is 15.2 Å². The number of sulfonamides is 2. The number of hydrogen-bond acceptors (Lipinski definition) is 9. The normalized spacial score (nSPS) is 11.2. The Balaban J connectivity index is 0.000000172. The Labute approximate surface area is 447 Å². The van der Waals surface area contributed by atoms with Gasteiger partial charge in [0.1, 0.15) is 11.5 Å². The molecule has 0 aliphatic rings. The van der Waals surface area contributed by atoms with Gasteiger partial charge in [0.05, 0.1) is 60.5 Å². The number of aromatic nitrogens is 2. The van der Waals surface area contributed by atoms with Crippen LogP contribution < -0.4 is 24.7 Å². The van der Waals surface area contributed by atoms with E-state index in [-0.39, 0.29) is 0 Å². The Hall–Kier alpha value is -7.88. The summed E-state index contributed by atoms with van der Waals surface area (Å²) in [6.07, 6.45) is 4.01. The molecular formula is C61H56BrN5O6S2. The minimum absolute atomic E-state index is 0.527. The summed E-state index contributed by atoms with van der Waals surface area (Å²) in [5, 5.41) is 1.51. The number of aryl methyl sites for hydroxylation is 2. The van der Waals surface area contributed by atoms with Crippen molar-refractivity contribution in [2.75, 3.05) is 36.2 Å². The fraction of sp³-hybridized carbons (Fsp3) is 0.115. The van der Waals surface area contributed by atoms with Crippen LogP contribution in [-0.4, -0.2) is 53.5 Å². The van der Waals surface area contributed by atoms with Crippen LogP contribution in [0.25, 0.3) is 66.6 Å². The Kier molecular flexibility index (Phi) is 17.4. The van der Waals surface area contributed by atoms with Gasteiger partial charge in [-0.2, -0.15) is 0 Å². The minimum atomic E-state index is -3.56. The number of pyridine rings is 2. The standard InChI is InChI=1S/C31H28N2O3S.C22H17BrN2O2S.C8H11NO/c1-36-26-18-15-22(16-19-26)13-14-23-17-20-28-27(21-23)31(33-37(2,34)35)29(24-9-5-3-6-10-24)30(32-28)25-11-7-4-8-12-25;1-28(26,27)25-22-18-14-17(23)12-13-19(18)24-21(16-10-6-3-7-11-16)20(22)15-8-4-2-5-9-15;1-10-8-4-2-7(6-9)3-5-8/h3-12,15-21H,13-14H2,1-2H3,(H,32,33);2-14H,1H3,(H,24,25);2-5H,6,9H2,1H3. The zero-order valence-corrected chi connectivity index (χ0v) is 45.1. The van der Waals surface area contributed by atoms with E-state index in [0.717, 1.165) is 107 Å². The number of ether oxygens (including phenoxy) is 2. The van der Waals surface area contributed by atoms with Gasteiger partial charge in [0, 0.05) is 44.0 Å². The van der Waals surface area contributed by atoms with E-state index in [2.05, 4.69) is 49.6 Å². The SMILES string of the molecule is COc1ccc(CCc2ccc3nc(-c4ccccc4)c(-c4ccccc4)c(NS(C)(=O)=O)c3c2)cc1.COc1ccc(CN)cc1.CS(=O)(=O)Nc1c(-c2ccccc2)c(-c2ccccc2)nc2ccc(Br)cc12. The molecule has 11 nitrogen and oxygen atoms in total. The molecule has 0 saturated heterocycles. The van der Waals surface area contributed by atoms with Crippen molar-refractivity contribution in [1.29, 1.82) is 0 Å². The molecule has 0 aliphatic carbocycles. The average molecular weight is 1100 g/mol. The highest BCUT2D eigenvalue weighted by atomic mass is 79.9. The quantitative estimate of drug-likeness (QED) is 0.0962. The lowest BCUT2D eigenvalue weighted by atomic mass is 9.94. The third-order valence-electron chi connectivity index (χ3n) is 12.0. The second kappa shape index (κ2) is 24.4. The number of nitrogens with zero attached hydrogens (tertiary/aromatic N) is 2. The zero-order chi connectivity index (χ0) is 53.0. The molecule has 0 fully saturated rings. The molecule has 0 atom stereocenters. The topological polar surface area (TPSA) is 163 Å². The average Bonchev–Trinajstić information content (AvgIpc) is 3.43. The third-order valence-corrected chi connectivity index (χ3v) is 13.7. The highest BCUT2D eigenvalue weighted by Crippen LogP contribution is 2.44. The van der Waals surface area contributed by atoms with E-state index in [1.54, 1.807) is 14.2 Å². The second-order valence-electron chi connectivity index (χ2n) is 17.5. The number of anilines is 2. The summed E-state index contributed by atoms with van der Waals surface area (Å²) in [7, 11) is -3.76. The number of hydrogen-bond donors (Lipinski definition) is 3. The summed E-state index contributed by atoms with van der Waals surface area (Å²) in [5.74, 6) is 1.71. The first kappa shape index (κ1) is 53.4. The van der Waals surface area contributed by atoms with Gasteiger partial charge in [-0.05, 0) is 95.3 Å². The van der Waals surface area contributed by atoms with Crippen molar-refractivity contribution >= 4 is 69.2 Å². The molecule has 75 heavy (non-hydrogen) atoms.